The van der Waals surface area contributed by atoms with Crippen LogP contribution < -0.4 is 0 Å². The number of nitrogens with zero attached hydrogens (tertiary/aromatic N) is 6. The van der Waals surface area contributed by atoms with E-state index in [1.54, 1.807) is 24.5 Å². The molecule has 0 amide bonds. The van der Waals surface area contributed by atoms with Crippen LogP contribution in [0.2, 0.25) is 10.0 Å². The fourth-order valence-electron chi connectivity index (χ4n) is 7.20. The molecule has 0 aliphatic carbocycles. The smallest absolute Gasteiger partial charge is 0.270 e. The fraction of sp³-hybridized carbons (Fsp3) is 0.128. The van der Waals surface area contributed by atoms with Gasteiger partial charge >= 0.3 is 0 Å². The molecule has 0 saturated carbocycles. The van der Waals surface area contributed by atoms with Crippen LogP contribution in [0.3, 0.4) is 0 Å². The Kier molecular flexibility index (Phi) is 8.33. The Labute approximate surface area is 300 Å². The number of nitro groups is 2. The van der Waals surface area contributed by atoms with Gasteiger partial charge in [-0.15, -0.1) is 0 Å². The molecule has 0 saturated heterocycles. The van der Waals surface area contributed by atoms with Gasteiger partial charge in [0.2, 0.25) is 0 Å². The highest BCUT2D eigenvalue weighted by atomic mass is 35.5. The molecule has 0 N–H and O–H groups in total. The minimum absolute atomic E-state index is 0.0490. The van der Waals surface area contributed by atoms with Crippen LogP contribution in [0.25, 0.3) is 66.1 Å². The van der Waals surface area contributed by atoms with Gasteiger partial charge in [-0.25, -0.2) is 0 Å². The van der Waals surface area contributed by atoms with Gasteiger partial charge in [0.05, 0.1) is 42.3 Å². The van der Waals surface area contributed by atoms with Crippen molar-refractivity contribution in [1.82, 2.24) is 19.1 Å². The summed E-state index contributed by atoms with van der Waals surface area (Å²) in [6.07, 6.45) is 6.04. The van der Waals surface area contributed by atoms with E-state index < -0.39 is 9.85 Å². The SMILES string of the molecule is O=[N+]([O-])c1ccc(Cl)c(-c2nccc3c4ccccc4n(CCCCCn4c5ccccc5c5ccnc(-c6cc([N+](=O)[O-])ccc6Cl)c54)c23)c1. The maximum Gasteiger partial charge on any atom is 0.270 e. The molecule has 51 heavy (non-hydrogen) atoms. The van der Waals surface area contributed by atoms with E-state index in [4.69, 9.17) is 33.2 Å². The number of unbranched alkanes of at least 4 members (excludes halogenated alkanes) is 2. The minimum atomic E-state index is -0.427. The molecule has 4 aromatic carbocycles. The number of hydrogen-bond donors (Lipinski definition) is 0. The molecule has 8 aromatic rings. The maximum absolute atomic E-state index is 11.6. The topological polar surface area (TPSA) is 122 Å². The summed E-state index contributed by atoms with van der Waals surface area (Å²) in [6.45, 7) is 1.39. The molecule has 8 rings (SSSR count). The van der Waals surface area contributed by atoms with Crippen molar-refractivity contribution in [2.24, 2.45) is 0 Å². The number of aryl methyl sites for hydroxylation is 2. The number of halogens is 2. The molecule has 4 heterocycles. The summed E-state index contributed by atoms with van der Waals surface area (Å²) in [5, 5.41) is 28.2. The summed E-state index contributed by atoms with van der Waals surface area (Å²) in [5.41, 5.74) is 6.00. The lowest BCUT2D eigenvalue weighted by molar-refractivity contribution is -0.385. The van der Waals surface area contributed by atoms with Gasteiger partial charge in [-0.3, -0.25) is 30.2 Å². The Bertz CT molecular complexity index is 2500. The number of fused-ring (bicyclic) bond motifs is 6. The van der Waals surface area contributed by atoms with Crippen molar-refractivity contribution in [2.45, 2.75) is 32.4 Å². The number of para-hydroxylation sites is 2. The van der Waals surface area contributed by atoms with Gasteiger partial charge in [0.15, 0.2) is 0 Å². The molecule has 0 spiro atoms. The highest BCUT2D eigenvalue weighted by molar-refractivity contribution is 6.34. The Hall–Kier alpha value is -5.84. The van der Waals surface area contributed by atoms with E-state index in [1.165, 1.54) is 24.3 Å². The van der Waals surface area contributed by atoms with E-state index in [-0.39, 0.29) is 11.4 Å². The summed E-state index contributed by atoms with van der Waals surface area (Å²) in [6, 6.07) is 29.2. The normalized spacial score (nSPS) is 11.6. The molecular weight excluding hydrogens is 687 g/mol. The molecule has 0 bridgehead atoms. The van der Waals surface area contributed by atoms with Crippen LogP contribution in [0.1, 0.15) is 19.3 Å². The highest BCUT2D eigenvalue weighted by Gasteiger charge is 2.22. The molecule has 12 heteroatoms. The summed E-state index contributed by atoms with van der Waals surface area (Å²) in [4.78, 5) is 31.8. The molecular formula is C39H28Cl2N6O4. The Morgan fingerprint density at radius 2 is 0.980 bits per heavy atom. The van der Waals surface area contributed by atoms with Gasteiger partial charge < -0.3 is 9.13 Å². The number of aromatic nitrogens is 4. The van der Waals surface area contributed by atoms with Gasteiger partial charge in [0, 0.05) is 93.5 Å². The van der Waals surface area contributed by atoms with E-state index in [1.807, 2.05) is 36.4 Å². The third-order valence-electron chi connectivity index (χ3n) is 9.45. The first kappa shape index (κ1) is 32.4. The van der Waals surface area contributed by atoms with Gasteiger partial charge in [0.25, 0.3) is 11.4 Å². The molecule has 252 valence electrons. The minimum Gasteiger partial charge on any atom is -0.339 e. The van der Waals surface area contributed by atoms with Crippen LogP contribution >= 0.6 is 23.2 Å². The molecule has 0 aliphatic heterocycles. The van der Waals surface area contributed by atoms with Crippen LogP contribution in [-0.2, 0) is 13.1 Å². The summed E-state index contributed by atoms with van der Waals surface area (Å²) in [7, 11) is 0. The van der Waals surface area contributed by atoms with Crippen molar-refractivity contribution < 1.29 is 9.85 Å². The molecule has 0 atom stereocenters. The molecule has 0 unspecified atom stereocenters. The van der Waals surface area contributed by atoms with Crippen LogP contribution in [0, 0.1) is 20.2 Å². The van der Waals surface area contributed by atoms with Gasteiger partial charge in [-0.2, -0.15) is 0 Å². The van der Waals surface area contributed by atoms with E-state index in [9.17, 15) is 20.2 Å². The molecule has 0 fully saturated rings. The third-order valence-corrected chi connectivity index (χ3v) is 10.1. The fourth-order valence-corrected chi connectivity index (χ4v) is 7.61. The lowest BCUT2D eigenvalue weighted by atomic mass is 10.1. The van der Waals surface area contributed by atoms with Gasteiger partial charge in [-0.1, -0.05) is 59.6 Å². The third kappa shape index (κ3) is 5.62. The van der Waals surface area contributed by atoms with Crippen molar-refractivity contribution in [1.29, 1.82) is 0 Å². The van der Waals surface area contributed by atoms with Crippen LogP contribution in [-0.4, -0.2) is 28.9 Å². The first-order valence-corrected chi connectivity index (χ1v) is 17.2. The lowest BCUT2D eigenvalue weighted by Crippen LogP contribution is -2.03. The average molecular weight is 716 g/mol. The number of rotatable bonds is 10. The average Bonchev–Trinajstić information content (AvgIpc) is 3.64. The quantitative estimate of drug-likeness (QED) is 0.0789. The summed E-state index contributed by atoms with van der Waals surface area (Å²) in [5.74, 6) is 0. The molecule has 0 aliphatic rings. The first-order chi connectivity index (χ1) is 24.8. The predicted molar refractivity (Wildman–Crippen MR) is 203 cm³/mol. The maximum atomic E-state index is 11.6. The van der Waals surface area contributed by atoms with E-state index in [2.05, 4.69) is 33.4 Å². The van der Waals surface area contributed by atoms with Crippen LogP contribution in [0.5, 0.6) is 0 Å². The van der Waals surface area contributed by atoms with Gasteiger partial charge in [-0.05, 0) is 55.7 Å². The first-order valence-electron chi connectivity index (χ1n) is 16.4. The zero-order valence-corrected chi connectivity index (χ0v) is 28.5. The van der Waals surface area contributed by atoms with E-state index in [0.29, 0.717) is 45.6 Å². The molecule has 4 aromatic heterocycles. The Morgan fingerprint density at radius 3 is 1.41 bits per heavy atom. The number of nitro benzene ring substituents is 2. The Morgan fingerprint density at radius 1 is 0.549 bits per heavy atom. The number of pyridine rings is 2. The highest BCUT2D eigenvalue weighted by Crippen LogP contribution is 2.40. The van der Waals surface area contributed by atoms with Crippen molar-refractivity contribution in [3.63, 3.8) is 0 Å². The second-order valence-electron chi connectivity index (χ2n) is 12.4. The predicted octanol–water partition coefficient (Wildman–Crippen LogP) is 11.0. The standard InChI is InChI=1S/C39H28Cl2N6O4/c40-32-14-12-24(46(48)49)22-30(32)36-38-28(16-18-42-36)26-8-2-4-10-34(26)44(38)20-6-1-7-21-45-35-11-5-3-9-27(35)29-17-19-43-37(39(29)45)31-23-25(47(50)51)13-15-33(31)41/h2-5,8-19,22-23H,1,6-7,20-21H2. The monoisotopic (exact) mass is 714 g/mol. The second kappa shape index (κ2) is 13.1. The molecule has 10 nitrogen and oxygen atoms in total. The van der Waals surface area contributed by atoms with E-state index >= 15 is 0 Å². The van der Waals surface area contributed by atoms with Crippen molar-refractivity contribution in [3.8, 4) is 22.5 Å². The largest absolute Gasteiger partial charge is 0.339 e. The zero-order chi connectivity index (χ0) is 35.2. The number of hydrogen-bond acceptors (Lipinski definition) is 6. The second-order valence-corrected chi connectivity index (χ2v) is 13.2. The lowest BCUT2D eigenvalue weighted by Gasteiger charge is -2.13. The number of non-ortho nitro benzene ring substituents is 2. The van der Waals surface area contributed by atoms with Crippen molar-refractivity contribution in [2.75, 3.05) is 0 Å². The summed E-state index contributed by atoms with van der Waals surface area (Å²) >= 11 is 13.3. The van der Waals surface area contributed by atoms with Crippen LogP contribution in [0.4, 0.5) is 11.4 Å². The zero-order valence-electron chi connectivity index (χ0n) is 27.0. The number of benzene rings is 4. The van der Waals surface area contributed by atoms with Crippen LogP contribution in [0.15, 0.2) is 109 Å². The molecule has 0 radical (unpaired) electrons. The Balaban J connectivity index is 1.13. The van der Waals surface area contributed by atoms with Crippen molar-refractivity contribution in [3.05, 3.63) is 140 Å². The van der Waals surface area contributed by atoms with E-state index in [0.717, 1.165) is 62.9 Å². The van der Waals surface area contributed by atoms with Crippen molar-refractivity contribution >= 4 is 78.2 Å². The van der Waals surface area contributed by atoms with Gasteiger partial charge in [0.1, 0.15) is 0 Å². The summed E-state index contributed by atoms with van der Waals surface area (Å²) < 4.78 is 4.49.